The molecule has 6 heteroatoms. The fourth-order valence-corrected chi connectivity index (χ4v) is 3.24. The zero-order chi connectivity index (χ0) is 16.9. The van der Waals surface area contributed by atoms with Gasteiger partial charge in [-0.15, -0.1) is 5.10 Å². The molecule has 25 heavy (non-hydrogen) atoms. The summed E-state index contributed by atoms with van der Waals surface area (Å²) in [4.78, 5) is 2.30. The molecule has 0 spiro atoms. The number of nitrogens with zero attached hydrogens (tertiary/aromatic N) is 5. The third kappa shape index (κ3) is 3.85. The number of nitrogens with one attached hydrogen (secondary N) is 1. The van der Waals surface area contributed by atoms with Crippen LogP contribution in [0.25, 0.3) is 5.69 Å². The van der Waals surface area contributed by atoms with Gasteiger partial charge in [0, 0.05) is 38.1 Å². The van der Waals surface area contributed by atoms with Gasteiger partial charge in [-0.05, 0) is 43.2 Å². The summed E-state index contributed by atoms with van der Waals surface area (Å²) in [6.45, 7) is 2.77. The third-order valence-corrected chi connectivity index (χ3v) is 4.54. The Balaban J connectivity index is 1.35. The number of anilines is 1. The van der Waals surface area contributed by atoms with Gasteiger partial charge in [0.2, 0.25) is 0 Å². The number of rotatable bonds is 5. The SMILES string of the molecule is c1ccc(-n2ccc(CN[C@@H]3CCCN(c4cccnn4)C3)n2)cc1. The van der Waals surface area contributed by atoms with Gasteiger partial charge in [0.05, 0.1) is 11.4 Å². The second-order valence-corrected chi connectivity index (χ2v) is 6.34. The van der Waals surface area contributed by atoms with E-state index in [1.165, 1.54) is 6.42 Å². The Labute approximate surface area is 147 Å². The summed E-state index contributed by atoms with van der Waals surface area (Å²) in [5.74, 6) is 0.961. The number of aromatic nitrogens is 4. The van der Waals surface area contributed by atoms with Crippen molar-refractivity contribution in [3.63, 3.8) is 0 Å². The summed E-state index contributed by atoms with van der Waals surface area (Å²) in [7, 11) is 0. The topological polar surface area (TPSA) is 58.9 Å². The Bertz CT molecular complexity index is 786. The van der Waals surface area contributed by atoms with Crippen molar-refractivity contribution in [3.8, 4) is 5.69 Å². The first-order chi connectivity index (χ1) is 12.4. The average Bonchev–Trinajstić information content (AvgIpc) is 3.17. The highest BCUT2D eigenvalue weighted by atomic mass is 15.3. The molecule has 1 aliphatic rings. The molecule has 3 heterocycles. The first-order valence-corrected chi connectivity index (χ1v) is 8.74. The Morgan fingerprint density at radius 1 is 1.08 bits per heavy atom. The first-order valence-electron chi connectivity index (χ1n) is 8.74. The van der Waals surface area contributed by atoms with E-state index in [-0.39, 0.29) is 0 Å². The van der Waals surface area contributed by atoms with Crippen LogP contribution >= 0.6 is 0 Å². The quantitative estimate of drug-likeness (QED) is 0.776. The van der Waals surface area contributed by atoms with Crippen molar-refractivity contribution < 1.29 is 0 Å². The van der Waals surface area contributed by atoms with E-state index < -0.39 is 0 Å². The fourth-order valence-electron chi connectivity index (χ4n) is 3.24. The molecule has 2 aromatic heterocycles. The summed E-state index contributed by atoms with van der Waals surface area (Å²) in [6.07, 6.45) is 6.06. The van der Waals surface area contributed by atoms with Crippen molar-refractivity contribution >= 4 is 5.82 Å². The second kappa shape index (κ2) is 7.44. The van der Waals surface area contributed by atoms with E-state index in [4.69, 9.17) is 0 Å². The fraction of sp³-hybridized carbons (Fsp3) is 0.316. The molecule has 6 nitrogen and oxygen atoms in total. The molecule has 0 amide bonds. The van der Waals surface area contributed by atoms with Crippen LogP contribution in [-0.4, -0.2) is 39.1 Å². The van der Waals surface area contributed by atoms with Crippen molar-refractivity contribution in [2.75, 3.05) is 18.0 Å². The molecule has 0 bridgehead atoms. The molecule has 0 saturated carbocycles. The molecule has 1 N–H and O–H groups in total. The van der Waals surface area contributed by atoms with Gasteiger partial charge in [0.15, 0.2) is 5.82 Å². The molecule has 4 rings (SSSR count). The van der Waals surface area contributed by atoms with Crippen LogP contribution in [0.1, 0.15) is 18.5 Å². The van der Waals surface area contributed by atoms with Crippen molar-refractivity contribution in [1.82, 2.24) is 25.3 Å². The van der Waals surface area contributed by atoms with Crippen LogP contribution < -0.4 is 10.2 Å². The molecule has 1 atom stereocenters. The highest BCUT2D eigenvalue weighted by molar-refractivity contribution is 5.37. The van der Waals surface area contributed by atoms with Gasteiger partial charge < -0.3 is 10.2 Å². The van der Waals surface area contributed by atoms with E-state index in [2.05, 4.69) is 43.7 Å². The lowest BCUT2D eigenvalue weighted by molar-refractivity contribution is 0.417. The molecule has 0 radical (unpaired) electrons. The van der Waals surface area contributed by atoms with Crippen LogP contribution in [0.15, 0.2) is 60.9 Å². The maximum Gasteiger partial charge on any atom is 0.151 e. The Hall–Kier alpha value is -2.73. The molecule has 1 aliphatic heterocycles. The van der Waals surface area contributed by atoms with Gasteiger partial charge in [0.25, 0.3) is 0 Å². The van der Waals surface area contributed by atoms with E-state index in [9.17, 15) is 0 Å². The molecule has 3 aromatic rings. The molecule has 0 aliphatic carbocycles. The van der Waals surface area contributed by atoms with Crippen LogP contribution in [0, 0.1) is 0 Å². The van der Waals surface area contributed by atoms with Gasteiger partial charge in [-0.2, -0.15) is 10.2 Å². The first kappa shape index (κ1) is 15.8. The largest absolute Gasteiger partial charge is 0.354 e. The summed E-state index contributed by atoms with van der Waals surface area (Å²) < 4.78 is 1.92. The molecule has 0 unspecified atom stereocenters. The van der Waals surface area contributed by atoms with Crippen LogP contribution in [0.3, 0.4) is 0 Å². The summed E-state index contributed by atoms with van der Waals surface area (Å²) >= 11 is 0. The average molecular weight is 334 g/mol. The minimum Gasteiger partial charge on any atom is -0.354 e. The van der Waals surface area contributed by atoms with Crippen molar-refractivity contribution in [1.29, 1.82) is 0 Å². The number of hydrogen-bond acceptors (Lipinski definition) is 5. The highest BCUT2D eigenvalue weighted by Crippen LogP contribution is 2.17. The standard InChI is InChI=1S/C19H22N6/c1-2-7-18(8-3-1)25-13-10-16(23-25)14-20-17-6-5-12-24(15-17)19-9-4-11-21-22-19/h1-4,7-11,13,17,20H,5-6,12,14-15H2/t17-/m1/s1. The Kier molecular flexibility index (Phi) is 4.70. The van der Waals surface area contributed by atoms with Gasteiger partial charge >= 0.3 is 0 Å². The predicted molar refractivity (Wildman–Crippen MR) is 97.7 cm³/mol. The lowest BCUT2D eigenvalue weighted by Gasteiger charge is -2.33. The van der Waals surface area contributed by atoms with E-state index in [0.29, 0.717) is 6.04 Å². The van der Waals surface area contributed by atoms with E-state index in [0.717, 1.165) is 43.3 Å². The summed E-state index contributed by atoms with van der Waals surface area (Å²) in [5, 5.41) is 16.5. The van der Waals surface area contributed by atoms with Gasteiger partial charge in [-0.3, -0.25) is 0 Å². The zero-order valence-corrected chi connectivity index (χ0v) is 14.1. The minimum atomic E-state index is 0.442. The maximum atomic E-state index is 4.66. The highest BCUT2D eigenvalue weighted by Gasteiger charge is 2.20. The summed E-state index contributed by atoms with van der Waals surface area (Å²) in [5.41, 5.74) is 2.14. The molecule has 128 valence electrons. The van der Waals surface area contributed by atoms with Crippen LogP contribution in [0.2, 0.25) is 0 Å². The molecular weight excluding hydrogens is 312 g/mol. The molecule has 1 aromatic carbocycles. The Morgan fingerprint density at radius 2 is 2.00 bits per heavy atom. The predicted octanol–water partition coefficient (Wildman–Crippen LogP) is 2.42. The van der Waals surface area contributed by atoms with E-state index >= 15 is 0 Å². The number of para-hydroxylation sites is 1. The van der Waals surface area contributed by atoms with E-state index in [1.807, 2.05) is 41.2 Å². The van der Waals surface area contributed by atoms with Crippen LogP contribution in [0.5, 0.6) is 0 Å². The number of benzene rings is 1. The second-order valence-electron chi connectivity index (χ2n) is 6.34. The van der Waals surface area contributed by atoms with Gasteiger partial charge in [0.1, 0.15) is 0 Å². The van der Waals surface area contributed by atoms with Crippen molar-refractivity contribution in [2.45, 2.75) is 25.4 Å². The third-order valence-electron chi connectivity index (χ3n) is 4.54. The monoisotopic (exact) mass is 334 g/mol. The molecular formula is C19H22N6. The maximum absolute atomic E-state index is 4.66. The van der Waals surface area contributed by atoms with Crippen molar-refractivity contribution in [2.24, 2.45) is 0 Å². The van der Waals surface area contributed by atoms with E-state index in [1.54, 1.807) is 6.20 Å². The smallest absolute Gasteiger partial charge is 0.151 e. The number of piperidine rings is 1. The molecule has 1 saturated heterocycles. The van der Waals surface area contributed by atoms with Crippen LogP contribution in [0.4, 0.5) is 5.82 Å². The van der Waals surface area contributed by atoms with Crippen LogP contribution in [-0.2, 0) is 6.54 Å². The lowest BCUT2D eigenvalue weighted by atomic mass is 10.1. The summed E-state index contributed by atoms with van der Waals surface area (Å²) in [6, 6.07) is 16.7. The Morgan fingerprint density at radius 3 is 2.84 bits per heavy atom. The normalized spacial score (nSPS) is 17.6. The number of hydrogen-bond donors (Lipinski definition) is 1. The minimum absolute atomic E-state index is 0.442. The van der Waals surface area contributed by atoms with Crippen molar-refractivity contribution in [3.05, 3.63) is 66.6 Å². The van der Waals surface area contributed by atoms with Gasteiger partial charge in [-0.1, -0.05) is 18.2 Å². The lowest BCUT2D eigenvalue weighted by Crippen LogP contribution is -2.45. The zero-order valence-electron chi connectivity index (χ0n) is 14.1. The van der Waals surface area contributed by atoms with Gasteiger partial charge in [-0.25, -0.2) is 4.68 Å². The molecule has 1 fully saturated rings.